The fourth-order valence-corrected chi connectivity index (χ4v) is 2.05. The van der Waals surface area contributed by atoms with Crippen molar-refractivity contribution in [1.82, 2.24) is 10.1 Å². The van der Waals surface area contributed by atoms with Crippen molar-refractivity contribution in [1.29, 1.82) is 0 Å². The van der Waals surface area contributed by atoms with E-state index in [1.165, 1.54) is 0 Å². The fourth-order valence-electron chi connectivity index (χ4n) is 2.05. The van der Waals surface area contributed by atoms with E-state index in [0.717, 1.165) is 32.3 Å². The summed E-state index contributed by atoms with van der Waals surface area (Å²) in [6.45, 7) is 5.21. The molecule has 108 valence electrons. The van der Waals surface area contributed by atoms with E-state index in [2.05, 4.69) is 10.1 Å². The first-order valence-electron chi connectivity index (χ1n) is 6.96. The lowest BCUT2D eigenvalue weighted by Gasteiger charge is -2.10. The SMILES string of the molecule is CC(C)OCC(N)c1noc(CCC2CCCO2)n1. The summed E-state index contributed by atoms with van der Waals surface area (Å²) in [6.07, 6.45) is 4.44. The van der Waals surface area contributed by atoms with Crippen molar-refractivity contribution in [3.63, 3.8) is 0 Å². The van der Waals surface area contributed by atoms with Crippen LogP contribution >= 0.6 is 0 Å². The summed E-state index contributed by atoms with van der Waals surface area (Å²) < 4.78 is 16.2. The van der Waals surface area contributed by atoms with Gasteiger partial charge in [0, 0.05) is 13.0 Å². The highest BCUT2D eigenvalue weighted by Crippen LogP contribution is 2.17. The van der Waals surface area contributed by atoms with Gasteiger partial charge in [0.25, 0.3) is 0 Å². The van der Waals surface area contributed by atoms with E-state index in [-0.39, 0.29) is 12.1 Å². The van der Waals surface area contributed by atoms with Gasteiger partial charge in [-0.25, -0.2) is 0 Å². The molecule has 2 atom stereocenters. The van der Waals surface area contributed by atoms with E-state index < -0.39 is 0 Å². The van der Waals surface area contributed by atoms with Gasteiger partial charge in [-0.3, -0.25) is 0 Å². The third-order valence-electron chi connectivity index (χ3n) is 3.13. The second-order valence-electron chi connectivity index (χ2n) is 5.21. The summed E-state index contributed by atoms with van der Waals surface area (Å²) in [5, 5.41) is 3.91. The molecule has 0 bridgehead atoms. The molecular formula is C13H23N3O3. The Morgan fingerprint density at radius 3 is 3.00 bits per heavy atom. The van der Waals surface area contributed by atoms with E-state index in [0.29, 0.717) is 24.4 Å². The highest BCUT2D eigenvalue weighted by molar-refractivity contribution is 4.93. The Balaban J connectivity index is 1.77. The van der Waals surface area contributed by atoms with Crippen LogP contribution in [0.1, 0.15) is 50.9 Å². The molecule has 0 saturated carbocycles. The van der Waals surface area contributed by atoms with Gasteiger partial charge in [0.15, 0.2) is 5.82 Å². The van der Waals surface area contributed by atoms with Gasteiger partial charge in [-0.05, 0) is 33.1 Å². The molecular weight excluding hydrogens is 246 g/mol. The summed E-state index contributed by atoms with van der Waals surface area (Å²) in [4.78, 5) is 4.31. The summed E-state index contributed by atoms with van der Waals surface area (Å²) in [7, 11) is 0. The molecule has 0 aromatic carbocycles. The standard InChI is InChI=1S/C13H23N3O3/c1-9(2)18-8-11(14)13-15-12(19-16-13)6-5-10-4-3-7-17-10/h9-11H,3-8,14H2,1-2H3. The van der Waals surface area contributed by atoms with Crippen LogP contribution in [0.2, 0.25) is 0 Å². The Kier molecular flexibility index (Phi) is 5.30. The number of hydrogen-bond donors (Lipinski definition) is 1. The van der Waals surface area contributed by atoms with Gasteiger partial charge < -0.3 is 19.7 Å². The molecule has 1 fully saturated rings. The zero-order valence-corrected chi connectivity index (χ0v) is 11.7. The fraction of sp³-hybridized carbons (Fsp3) is 0.846. The number of aromatic nitrogens is 2. The minimum absolute atomic E-state index is 0.150. The number of rotatable bonds is 7. The van der Waals surface area contributed by atoms with Gasteiger partial charge in [0.2, 0.25) is 5.89 Å². The topological polar surface area (TPSA) is 83.4 Å². The average molecular weight is 269 g/mol. The van der Waals surface area contributed by atoms with Crippen LogP contribution in [-0.4, -0.2) is 35.6 Å². The lowest BCUT2D eigenvalue weighted by Crippen LogP contribution is -2.20. The monoisotopic (exact) mass is 269 g/mol. The second kappa shape index (κ2) is 6.98. The van der Waals surface area contributed by atoms with Crippen LogP contribution < -0.4 is 5.73 Å². The third kappa shape index (κ3) is 4.56. The summed E-state index contributed by atoms with van der Waals surface area (Å²) in [5.74, 6) is 1.15. The molecule has 1 aromatic heterocycles. The van der Waals surface area contributed by atoms with Crippen LogP contribution in [0.4, 0.5) is 0 Å². The van der Waals surface area contributed by atoms with Crippen LogP contribution in [0.3, 0.4) is 0 Å². The molecule has 0 amide bonds. The highest BCUT2D eigenvalue weighted by atomic mass is 16.5. The zero-order valence-electron chi connectivity index (χ0n) is 11.7. The van der Waals surface area contributed by atoms with Crippen molar-refractivity contribution >= 4 is 0 Å². The van der Waals surface area contributed by atoms with Crippen LogP contribution in [0, 0.1) is 0 Å². The van der Waals surface area contributed by atoms with E-state index in [1.54, 1.807) is 0 Å². The minimum atomic E-state index is -0.331. The molecule has 1 aromatic rings. The van der Waals surface area contributed by atoms with Crippen molar-refractivity contribution in [2.45, 2.75) is 57.8 Å². The summed E-state index contributed by atoms with van der Waals surface area (Å²) >= 11 is 0. The maximum atomic E-state index is 5.94. The van der Waals surface area contributed by atoms with Gasteiger partial charge in [0.1, 0.15) is 0 Å². The van der Waals surface area contributed by atoms with Crippen LogP contribution in [0.25, 0.3) is 0 Å². The number of nitrogens with two attached hydrogens (primary N) is 1. The largest absolute Gasteiger partial charge is 0.378 e. The Hall–Kier alpha value is -0.980. The predicted molar refractivity (Wildman–Crippen MR) is 69.6 cm³/mol. The van der Waals surface area contributed by atoms with Crippen molar-refractivity contribution in [3.05, 3.63) is 11.7 Å². The molecule has 2 unspecified atom stereocenters. The van der Waals surface area contributed by atoms with Crippen molar-refractivity contribution < 1.29 is 14.0 Å². The van der Waals surface area contributed by atoms with Gasteiger partial charge in [-0.1, -0.05) is 5.16 Å². The molecule has 0 radical (unpaired) electrons. The van der Waals surface area contributed by atoms with E-state index >= 15 is 0 Å². The maximum Gasteiger partial charge on any atom is 0.226 e. The molecule has 0 aliphatic carbocycles. The Labute approximate surface area is 113 Å². The number of nitrogens with zero attached hydrogens (tertiary/aromatic N) is 2. The molecule has 2 heterocycles. The molecule has 2 N–H and O–H groups in total. The molecule has 19 heavy (non-hydrogen) atoms. The van der Waals surface area contributed by atoms with E-state index in [9.17, 15) is 0 Å². The third-order valence-corrected chi connectivity index (χ3v) is 3.13. The number of aryl methyl sites for hydroxylation is 1. The van der Waals surface area contributed by atoms with Crippen LogP contribution in [0.5, 0.6) is 0 Å². The lowest BCUT2D eigenvalue weighted by molar-refractivity contribution is 0.0665. The van der Waals surface area contributed by atoms with Crippen molar-refractivity contribution in [3.8, 4) is 0 Å². The van der Waals surface area contributed by atoms with Gasteiger partial charge in [-0.15, -0.1) is 0 Å². The number of hydrogen-bond acceptors (Lipinski definition) is 6. The Morgan fingerprint density at radius 2 is 2.32 bits per heavy atom. The Morgan fingerprint density at radius 1 is 1.47 bits per heavy atom. The van der Waals surface area contributed by atoms with Crippen LogP contribution in [0.15, 0.2) is 4.52 Å². The quantitative estimate of drug-likeness (QED) is 0.809. The Bertz CT molecular complexity index is 375. The van der Waals surface area contributed by atoms with E-state index in [1.807, 2.05) is 13.8 Å². The summed E-state index contributed by atoms with van der Waals surface area (Å²) in [5.41, 5.74) is 5.94. The molecule has 6 heteroatoms. The highest BCUT2D eigenvalue weighted by Gasteiger charge is 2.18. The molecule has 1 saturated heterocycles. The first kappa shape index (κ1) is 14.4. The predicted octanol–water partition coefficient (Wildman–Crippen LogP) is 1.61. The van der Waals surface area contributed by atoms with Crippen LogP contribution in [-0.2, 0) is 15.9 Å². The van der Waals surface area contributed by atoms with Crippen molar-refractivity contribution in [2.75, 3.05) is 13.2 Å². The van der Waals surface area contributed by atoms with Gasteiger partial charge in [-0.2, -0.15) is 4.98 Å². The second-order valence-corrected chi connectivity index (χ2v) is 5.21. The molecule has 1 aliphatic heterocycles. The normalized spacial score (nSPS) is 21.2. The molecule has 6 nitrogen and oxygen atoms in total. The summed E-state index contributed by atoms with van der Waals surface area (Å²) in [6, 6.07) is -0.331. The van der Waals surface area contributed by atoms with Crippen molar-refractivity contribution in [2.24, 2.45) is 5.73 Å². The van der Waals surface area contributed by atoms with Gasteiger partial charge >= 0.3 is 0 Å². The van der Waals surface area contributed by atoms with Gasteiger partial charge in [0.05, 0.1) is 24.9 Å². The average Bonchev–Trinajstić information content (AvgIpc) is 3.04. The maximum absolute atomic E-state index is 5.94. The zero-order chi connectivity index (χ0) is 13.7. The molecule has 2 rings (SSSR count). The molecule has 1 aliphatic rings. The first-order chi connectivity index (χ1) is 9.15. The van der Waals surface area contributed by atoms with E-state index in [4.69, 9.17) is 19.7 Å². The smallest absolute Gasteiger partial charge is 0.226 e. The molecule has 0 spiro atoms. The first-order valence-corrected chi connectivity index (χ1v) is 6.96. The lowest BCUT2D eigenvalue weighted by atomic mass is 10.1. The number of ether oxygens (including phenoxy) is 2. The minimum Gasteiger partial charge on any atom is -0.378 e.